The van der Waals surface area contributed by atoms with Crippen molar-refractivity contribution in [2.75, 3.05) is 7.11 Å². The normalized spacial score (nSPS) is 32.0. The van der Waals surface area contributed by atoms with E-state index in [1.54, 1.807) is 19.1 Å². The van der Waals surface area contributed by atoms with Gasteiger partial charge >= 0.3 is 17.9 Å². The Balaban J connectivity index is 1.84. The number of esters is 3. The highest BCUT2D eigenvalue weighted by Crippen LogP contribution is 2.54. The standard InChI is InChI=1S/C22H24O8/c1-10(2)13-7-16-14(20(24)26-5)8-17(29-16)19-22(4,30-19)9-12-6-15(21(25)28-12)18(13)27-11(3)23/h6,8,12-13,18-19H,1,7,9H2,2-5H3/t12?,13-,18-,19?,22+/m0/s1. The Bertz CT molecular complexity index is 970. The Kier molecular flexibility index (Phi) is 4.85. The molecule has 0 aliphatic carbocycles. The lowest BCUT2D eigenvalue weighted by molar-refractivity contribution is -0.149. The van der Waals surface area contributed by atoms with Crippen LogP contribution in [0.5, 0.6) is 0 Å². The monoisotopic (exact) mass is 416 g/mol. The fraction of sp³-hybridized carbons (Fsp3) is 0.500. The first kappa shape index (κ1) is 20.4. The van der Waals surface area contributed by atoms with Crippen LogP contribution in [-0.4, -0.2) is 42.8 Å². The van der Waals surface area contributed by atoms with Gasteiger partial charge in [-0.2, -0.15) is 0 Å². The number of hydrogen-bond donors (Lipinski definition) is 0. The maximum Gasteiger partial charge on any atom is 0.341 e. The molecule has 8 heteroatoms. The summed E-state index contributed by atoms with van der Waals surface area (Å²) in [5, 5.41) is 0. The van der Waals surface area contributed by atoms with E-state index in [9.17, 15) is 14.4 Å². The zero-order valence-electron chi connectivity index (χ0n) is 17.4. The highest BCUT2D eigenvalue weighted by atomic mass is 16.6. The topological polar surface area (TPSA) is 105 Å². The molecular formula is C22H24O8. The van der Waals surface area contributed by atoms with Crippen LogP contribution in [0.3, 0.4) is 0 Å². The van der Waals surface area contributed by atoms with Gasteiger partial charge in [0.2, 0.25) is 0 Å². The smallest absolute Gasteiger partial charge is 0.341 e. The molecule has 8 nitrogen and oxygen atoms in total. The van der Waals surface area contributed by atoms with Crippen LogP contribution >= 0.6 is 0 Å². The molecule has 0 N–H and O–H groups in total. The van der Waals surface area contributed by atoms with Gasteiger partial charge in [0.1, 0.15) is 41.0 Å². The summed E-state index contributed by atoms with van der Waals surface area (Å²) >= 11 is 0. The summed E-state index contributed by atoms with van der Waals surface area (Å²) in [7, 11) is 1.29. The molecule has 5 atom stereocenters. The molecule has 1 fully saturated rings. The third kappa shape index (κ3) is 3.45. The van der Waals surface area contributed by atoms with E-state index in [1.165, 1.54) is 14.0 Å². The zero-order valence-corrected chi connectivity index (χ0v) is 17.4. The lowest BCUT2D eigenvalue weighted by Crippen LogP contribution is -2.33. The molecule has 1 aromatic heterocycles. The molecule has 4 rings (SSSR count). The van der Waals surface area contributed by atoms with Crippen molar-refractivity contribution in [1.29, 1.82) is 0 Å². The Morgan fingerprint density at radius 2 is 2.03 bits per heavy atom. The SMILES string of the molecule is C=C(C)[C@@H]1Cc2oc(cc2C(=O)OC)C2O[C@]2(C)CC2C=C(C(=O)O2)[C@H]1OC(C)=O. The largest absolute Gasteiger partial charge is 0.465 e. The molecule has 0 amide bonds. The first-order valence-corrected chi connectivity index (χ1v) is 9.77. The minimum atomic E-state index is -0.917. The van der Waals surface area contributed by atoms with Crippen LogP contribution in [0.4, 0.5) is 0 Å². The van der Waals surface area contributed by atoms with Gasteiger partial charge in [-0.15, -0.1) is 0 Å². The first-order chi connectivity index (χ1) is 14.1. The Labute approximate surface area is 173 Å². The molecule has 2 unspecified atom stereocenters. The number of rotatable bonds is 3. The van der Waals surface area contributed by atoms with Crippen molar-refractivity contribution in [3.63, 3.8) is 0 Å². The van der Waals surface area contributed by atoms with Gasteiger partial charge in [-0.1, -0.05) is 12.2 Å². The molecule has 160 valence electrons. The van der Waals surface area contributed by atoms with Gasteiger partial charge in [-0.3, -0.25) is 4.79 Å². The number of carbonyl (C=O) groups excluding carboxylic acids is 3. The maximum absolute atomic E-state index is 12.6. The van der Waals surface area contributed by atoms with Crippen molar-refractivity contribution < 1.29 is 37.7 Å². The number of epoxide rings is 1. The summed E-state index contributed by atoms with van der Waals surface area (Å²) in [5.74, 6) is -1.26. The highest BCUT2D eigenvalue weighted by Gasteiger charge is 2.57. The minimum Gasteiger partial charge on any atom is -0.465 e. The van der Waals surface area contributed by atoms with E-state index in [-0.39, 0.29) is 23.7 Å². The van der Waals surface area contributed by atoms with Gasteiger partial charge in [-0.05, 0) is 26.0 Å². The van der Waals surface area contributed by atoms with Crippen molar-refractivity contribution >= 4 is 17.9 Å². The van der Waals surface area contributed by atoms with E-state index in [2.05, 4.69) is 6.58 Å². The second-order valence-corrected chi connectivity index (χ2v) is 8.24. The van der Waals surface area contributed by atoms with Gasteiger partial charge in [0.05, 0.1) is 12.7 Å². The average Bonchev–Trinajstić information content (AvgIpc) is 2.99. The molecule has 4 heterocycles. The molecule has 0 spiro atoms. The van der Waals surface area contributed by atoms with E-state index in [1.807, 2.05) is 6.92 Å². The zero-order chi connectivity index (χ0) is 21.8. The fourth-order valence-electron chi connectivity index (χ4n) is 4.26. The molecule has 3 aliphatic rings. The first-order valence-electron chi connectivity index (χ1n) is 9.77. The minimum absolute atomic E-state index is 0.177. The van der Waals surface area contributed by atoms with Crippen molar-refractivity contribution in [2.45, 2.75) is 57.5 Å². The van der Waals surface area contributed by atoms with Crippen LogP contribution in [0.25, 0.3) is 0 Å². The van der Waals surface area contributed by atoms with Crippen molar-refractivity contribution in [3.05, 3.63) is 47.0 Å². The van der Waals surface area contributed by atoms with E-state index < -0.39 is 41.6 Å². The second kappa shape index (κ2) is 7.12. The van der Waals surface area contributed by atoms with Crippen LogP contribution in [0.15, 0.2) is 34.3 Å². The summed E-state index contributed by atoms with van der Waals surface area (Å²) in [6, 6.07) is 1.63. The van der Waals surface area contributed by atoms with Gasteiger partial charge in [0.15, 0.2) is 0 Å². The number of methoxy groups -OCH3 is 1. The summed E-state index contributed by atoms with van der Waals surface area (Å²) in [4.78, 5) is 36.9. The van der Waals surface area contributed by atoms with Crippen LogP contribution in [0.1, 0.15) is 55.2 Å². The molecule has 30 heavy (non-hydrogen) atoms. The molecule has 4 bridgehead atoms. The van der Waals surface area contributed by atoms with Crippen molar-refractivity contribution in [1.82, 2.24) is 0 Å². The predicted molar refractivity (Wildman–Crippen MR) is 102 cm³/mol. The van der Waals surface area contributed by atoms with Crippen molar-refractivity contribution in [3.8, 4) is 0 Å². The van der Waals surface area contributed by atoms with Crippen LogP contribution in [0, 0.1) is 5.92 Å². The summed E-state index contributed by atoms with van der Waals surface area (Å²) in [6.07, 6.45) is 0.486. The van der Waals surface area contributed by atoms with E-state index >= 15 is 0 Å². The average molecular weight is 416 g/mol. The molecule has 0 aromatic carbocycles. The molecule has 1 aromatic rings. The number of carbonyl (C=O) groups is 3. The number of fused-ring (bicyclic) bond motifs is 5. The summed E-state index contributed by atoms with van der Waals surface area (Å²) < 4.78 is 27.9. The van der Waals surface area contributed by atoms with Crippen LogP contribution in [-0.2, 0) is 35.0 Å². The van der Waals surface area contributed by atoms with Gasteiger partial charge in [0.25, 0.3) is 0 Å². The van der Waals surface area contributed by atoms with Crippen LogP contribution in [0.2, 0.25) is 0 Å². The summed E-state index contributed by atoms with van der Waals surface area (Å²) in [6.45, 7) is 8.95. The summed E-state index contributed by atoms with van der Waals surface area (Å²) in [5.41, 5.74) is 0.593. The van der Waals surface area contributed by atoms with Crippen molar-refractivity contribution in [2.24, 2.45) is 5.92 Å². The highest BCUT2D eigenvalue weighted by molar-refractivity contribution is 5.93. The quantitative estimate of drug-likeness (QED) is 0.321. The Morgan fingerprint density at radius 3 is 2.67 bits per heavy atom. The van der Waals surface area contributed by atoms with Gasteiger partial charge in [0, 0.05) is 25.7 Å². The Hall–Kier alpha value is -2.87. The lowest BCUT2D eigenvalue weighted by Gasteiger charge is -2.26. The number of hydrogen-bond acceptors (Lipinski definition) is 8. The van der Waals surface area contributed by atoms with Crippen LogP contribution < -0.4 is 0 Å². The van der Waals surface area contributed by atoms with Gasteiger partial charge in [-0.25, -0.2) is 9.59 Å². The second-order valence-electron chi connectivity index (χ2n) is 8.24. The molecule has 1 saturated heterocycles. The molecular weight excluding hydrogens is 392 g/mol. The molecule has 0 saturated carbocycles. The Morgan fingerprint density at radius 1 is 1.30 bits per heavy atom. The molecule has 0 radical (unpaired) electrons. The number of ether oxygens (including phenoxy) is 4. The maximum atomic E-state index is 12.6. The van der Waals surface area contributed by atoms with Gasteiger partial charge < -0.3 is 23.4 Å². The molecule has 3 aliphatic heterocycles. The lowest BCUT2D eigenvalue weighted by atomic mass is 9.85. The van der Waals surface area contributed by atoms with E-state index in [0.29, 0.717) is 23.5 Å². The third-order valence-corrected chi connectivity index (χ3v) is 5.85. The number of furan rings is 1. The third-order valence-electron chi connectivity index (χ3n) is 5.85. The van der Waals surface area contributed by atoms with E-state index in [0.717, 1.165) is 0 Å². The van der Waals surface area contributed by atoms with E-state index in [4.69, 9.17) is 23.4 Å². The fourth-order valence-corrected chi connectivity index (χ4v) is 4.26. The predicted octanol–water partition coefficient (Wildman–Crippen LogP) is 2.82.